The van der Waals surface area contributed by atoms with Crippen LogP contribution in [0.4, 0.5) is 19.0 Å². The molecule has 0 aliphatic heterocycles. The van der Waals surface area contributed by atoms with E-state index in [4.69, 9.17) is 0 Å². The number of amides is 1. The van der Waals surface area contributed by atoms with Crippen LogP contribution < -0.4 is 5.32 Å². The average molecular weight is 433 g/mol. The van der Waals surface area contributed by atoms with Crippen LogP contribution >= 0.6 is 0 Å². The van der Waals surface area contributed by atoms with Crippen molar-refractivity contribution in [3.05, 3.63) is 41.6 Å². The molecule has 0 atom stereocenters. The zero-order valence-corrected chi connectivity index (χ0v) is 16.9. The topological polar surface area (TPSA) is 90.5 Å². The third-order valence-corrected chi connectivity index (χ3v) is 5.23. The number of carbonyl (C=O) groups is 1. The molecule has 1 aliphatic carbocycles. The third kappa shape index (κ3) is 4.92. The van der Waals surface area contributed by atoms with Gasteiger partial charge in [-0.25, -0.2) is 4.68 Å². The molecule has 1 saturated carbocycles. The van der Waals surface area contributed by atoms with Crippen LogP contribution in [0.3, 0.4) is 0 Å². The summed E-state index contributed by atoms with van der Waals surface area (Å²) in [4.78, 5) is 13.6. The highest BCUT2D eigenvalue weighted by Gasteiger charge is 2.30. The molecule has 0 spiro atoms. The molecule has 1 aliphatic rings. The highest BCUT2D eigenvalue weighted by Crippen LogP contribution is 2.32. The lowest BCUT2D eigenvalue weighted by molar-refractivity contribution is -0.137. The molecule has 1 aromatic carbocycles. The molecular formula is C20H22F3N7O. The maximum atomic E-state index is 12.9. The molecule has 11 heteroatoms. The highest BCUT2D eigenvalue weighted by molar-refractivity contribution is 5.89. The minimum Gasteiger partial charge on any atom is -0.309 e. The summed E-state index contributed by atoms with van der Waals surface area (Å²) in [7, 11) is 0. The van der Waals surface area contributed by atoms with E-state index in [9.17, 15) is 18.0 Å². The second-order valence-electron chi connectivity index (χ2n) is 7.68. The van der Waals surface area contributed by atoms with Gasteiger partial charge in [-0.15, -0.1) is 10.2 Å². The zero-order chi connectivity index (χ0) is 22.0. The number of nitrogens with zero attached hydrogens (tertiary/aromatic N) is 6. The molecule has 4 rings (SSSR count). The SMILES string of the molecule is Cc1cc(NC(=O)Cn2nnc(-c3cccc(C(F)(F)F)c3)n2)n(C2CCCCC2)n1. The molecule has 1 fully saturated rings. The van der Waals surface area contributed by atoms with E-state index < -0.39 is 11.7 Å². The van der Waals surface area contributed by atoms with Gasteiger partial charge in [0.15, 0.2) is 0 Å². The van der Waals surface area contributed by atoms with E-state index in [0.29, 0.717) is 5.82 Å². The van der Waals surface area contributed by atoms with Gasteiger partial charge in [0.25, 0.3) is 0 Å². The lowest BCUT2D eigenvalue weighted by atomic mass is 9.96. The second-order valence-corrected chi connectivity index (χ2v) is 7.68. The van der Waals surface area contributed by atoms with Gasteiger partial charge in [0.05, 0.1) is 17.3 Å². The fourth-order valence-electron chi connectivity index (χ4n) is 3.79. The summed E-state index contributed by atoms with van der Waals surface area (Å²) >= 11 is 0. The van der Waals surface area contributed by atoms with Gasteiger partial charge in [-0.2, -0.15) is 23.1 Å². The van der Waals surface area contributed by atoms with Crippen molar-refractivity contribution in [2.45, 2.75) is 57.8 Å². The molecule has 0 bridgehead atoms. The minimum absolute atomic E-state index is 0.0157. The van der Waals surface area contributed by atoms with E-state index in [1.54, 1.807) is 0 Å². The average Bonchev–Trinajstić information content (AvgIpc) is 3.34. The Kier molecular flexibility index (Phi) is 5.75. The molecule has 2 aromatic heterocycles. The van der Waals surface area contributed by atoms with Crippen LogP contribution in [0.1, 0.15) is 49.4 Å². The normalized spacial score (nSPS) is 15.2. The lowest BCUT2D eigenvalue weighted by Crippen LogP contribution is -2.24. The van der Waals surface area contributed by atoms with E-state index in [-0.39, 0.29) is 29.9 Å². The van der Waals surface area contributed by atoms with Crippen LogP contribution in [0.2, 0.25) is 0 Å². The number of hydrogen-bond acceptors (Lipinski definition) is 5. The van der Waals surface area contributed by atoms with E-state index >= 15 is 0 Å². The Balaban J connectivity index is 1.45. The number of aromatic nitrogens is 6. The monoisotopic (exact) mass is 433 g/mol. The number of nitrogens with one attached hydrogen (secondary N) is 1. The summed E-state index contributed by atoms with van der Waals surface area (Å²) in [5.41, 5.74) is 0.185. The second kappa shape index (κ2) is 8.48. The first kappa shape index (κ1) is 21.0. The third-order valence-electron chi connectivity index (χ3n) is 5.23. The zero-order valence-electron chi connectivity index (χ0n) is 16.9. The number of alkyl halides is 3. The Morgan fingerprint density at radius 3 is 2.68 bits per heavy atom. The van der Waals surface area contributed by atoms with Crippen LogP contribution in [0, 0.1) is 6.92 Å². The first-order valence-corrected chi connectivity index (χ1v) is 10.1. The van der Waals surface area contributed by atoms with E-state index in [1.165, 1.54) is 18.6 Å². The van der Waals surface area contributed by atoms with Crippen molar-refractivity contribution in [3.63, 3.8) is 0 Å². The van der Waals surface area contributed by atoms with Crippen LogP contribution in [-0.2, 0) is 17.5 Å². The van der Waals surface area contributed by atoms with E-state index in [2.05, 4.69) is 25.8 Å². The number of anilines is 1. The molecule has 8 nitrogen and oxygen atoms in total. The smallest absolute Gasteiger partial charge is 0.309 e. The molecule has 31 heavy (non-hydrogen) atoms. The van der Waals surface area contributed by atoms with E-state index in [0.717, 1.165) is 48.3 Å². The van der Waals surface area contributed by atoms with Crippen molar-refractivity contribution in [3.8, 4) is 11.4 Å². The summed E-state index contributed by atoms with van der Waals surface area (Å²) in [5.74, 6) is 0.263. The molecule has 164 valence electrons. The van der Waals surface area contributed by atoms with Gasteiger partial charge in [-0.3, -0.25) is 4.79 Å². The van der Waals surface area contributed by atoms with Gasteiger partial charge in [0, 0.05) is 11.6 Å². The maximum Gasteiger partial charge on any atom is 0.416 e. The fraction of sp³-hybridized carbons (Fsp3) is 0.450. The number of carbonyl (C=O) groups excluding carboxylic acids is 1. The van der Waals surface area contributed by atoms with Gasteiger partial charge >= 0.3 is 6.18 Å². The van der Waals surface area contributed by atoms with Crippen molar-refractivity contribution < 1.29 is 18.0 Å². The molecule has 1 N–H and O–H groups in total. The number of rotatable bonds is 5. The number of benzene rings is 1. The number of halogens is 3. The number of hydrogen-bond donors (Lipinski definition) is 1. The Morgan fingerprint density at radius 2 is 1.94 bits per heavy atom. The van der Waals surface area contributed by atoms with Gasteiger partial charge in [0.2, 0.25) is 11.7 Å². The molecular weight excluding hydrogens is 411 g/mol. The molecule has 1 amide bonds. The van der Waals surface area contributed by atoms with Crippen LogP contribution in [-0.4, -0.2) is 35.9 Å². The summed E-state index contributed by atoms with van der Waals surface area (Å²) in [6, 6.07) is 6.73. The van der Waals surface area contributed by atoms with Crippen molar-refractivity contribution in [1.29, 1.82) is 0 Å². The summed E-state index contributed by atoms with van der Waals surface area (Å²) in [6.07, 6.45) is 1.07. The quantitative estimate of drug-likeness (QED) is 0.657. The minimum atomic E-state index is -4.47. The summed E-state index contributed by atoms with van der Waals surface area (Å²) in [6.45, 7) is 1.65. The number of aryl methyl sites for hydroxylation is 1. The maximum absolute atomic E-state index is 12.9. The fourth-order valence-corrected chi connectivity index (χ4v) is 3.79. The Morgan fingerprint density at radius 1 is 1.16 bits per heavy atom. The lowest BCUT2D eigenvalue weighted by Gasteiger charge is -2.23. The Labute approximate surface area is 176 Å². The van der Waals surface area contributed by atoms with Crippen molar-refractivity contribution in [2.75, 3.05) is 5.32 Å². The van der Waals surface area contributed by atoms with Gasteiger partial charge in [0.1, 0.15) is 12.4 Å². The molecule has 3 aromatic rings. The van der Waals surface area contributed by atoms with Gasteiger partial charge in [-0.05, 0) is 37.1 Å². The molecule has 0 saturated heterocycles. The molecule has 0 unspecified atom stereocenters. The predicted octanol–water partition coefficient (Wildman–Crippen LogP) is 4.01. The first-order valence-electron chi connectivity index (χ1n) is 10.1. The largest absolute Gasteiger partial charge is 0.416 e. The van der Waals surface area contributed by atoms with Crippen molar-refractivity contribution in [1.82, 2.24) is 30.0 Å². The van der Waals surface area contributed by atoms with Crippen molar-refractivity contribution >= 4 is 11.7 Å². The Hall–Kier alpha value is -3.24. The summed E-state index contributed by atoms with van der Waals surface area (Å²) in [5, 5.41) is 19.0. The van der Waals surface area contributed by atoms with Crippen LogP contribution in [0.5, 0.6) is 0 Å². The number of tetrazole rings is 1. The molecule has 0 radical (unpaired) electrons. The first-order chi connectivity index (χ1) is 14.8. The Bertz CT molecular complexity index is 1070. The van der Waals surface area contributed by atoms with Gasteiger partial charge < -0.3 is 5.32 Å². The highest BCUT2D eigenvalue weighted by atomic mass is 19.4. The summed E-state index contributed by atoms with van der Waals surface area (Å²) < 4.78 is 40.6. The standard InChI is InChI=1S/C20H22F3N7O/c1-13-10-17(30(26-13)16-8-3-2-4-9-16)24-18(31)12-29-27-19(25-28-29)14-6-5-7-15(11-14)20(21,22)23/h5-7,10-11,16H,2-4,8-9,12H2,1H3,(H,24,31). The van der Waals surface area contributed by atoms with E-state index in [1.807, 2.05) is 17.7 Å². The molecule has 2 heterocycles. The van der Waals surface area contributed by atoms with Gasteiger partial charge in [-0.1, -0.05) is 31.4 Å². The van der Waals surface area contributed by atoms with Crippen LogP contribution in [0.15, 0.2) is 30.3 Å². The predicted molar refractivity (Wildman–Crippen MR) is 106 cm³/mol. The van der Waals surface area contributed by atoms with Crippen LogP contribution in [0.25, 0.3) is 11.4 Å². The van der Waals surface area contributed by atoms with Crippen molar-refractivity contribution in [2.24, 2.45) is 0 Å².